The van der Waals surface area contributed by atoms with E-state index in [1.165, 1.54) is 5.57 Å². The molecule has 1 aliphatic heterocycles. The number of allylic oxidation sites excluding steroid dienone is 6. The van der Waals surface area contributed by atoms with E-state index < -0.39 is 34.3 Å². The number of aliphatic hydroxyl groups excluding tert-OH is 2. The van der Waals surface area contributed by atoms with E-state index in [4.69, 9.17) is 4.74 Å². The molecule has 5 nitrogen and oxygen atoms in total. The normalized spacial score (nSPS) is 44.7. The Labute approximate surface area is 233 Å². The van der Waals surface area contributed by atoms with Crippen molar-refractivity contribution in [2.24, 2.45) is 40.4 Å². The fourth-order valence-corrected chi connectivity index (χ4v) is 9.27. The predicted octanol–water partition coefficient (Wildman–Crippen LogP) is 6.95. The highest BCUT2D eigenvalue weighted by Gasteiger charge is 2.66. The van der Waals surface area contributed by atoms with Crippen LogP contribution in [0.5, 0.6) is 0 Å². The lowest BCUT2D eigenvalue weighted by molar-refractivity contribution is -0.162. The van der Waals surface area contributed by atoms with Crippen molar-refractivity contribution in [2.75, 3.05) is 0 Å². The number of fused-ring (bicyclic) bond motifs is 4. The Morgan fingerprint density at radius 3 is 2.36 bits per heavy atom. The predicted molar refractivity (Wildman–Crippen MR) is 153 cm³/mol. The lowest BCUT2D eigenvalue weighted by Crippen LogP contribution is -2.54. The molecule has 0 amide bonds. The molecule has 0 aromatic carbocycles. The van der Waals surface area contributed by atoms with Gasteiger partial charge in [0, 0.05) is 23.7 Å². The molecule has 0 aromatic rings. The van der Waals surface area contributed by atoms with Gasteiger partial charge in [-0.2, -0.15) is 0 Å². The monoisotopic (exact) mass is 534 g/mol. The maximum atomic E-state index is 14.6. The van der Waals surface area contributed by atoms with Crippen LogP contribution >= 0.6 is 0 Å². The van der Waals surface area contributed by atoms with Crippen LogP contribution in [0.15, 0.2) is 57.9 Å². The summed E-state index contributed by atoms with van der Waals surface area (Å²) in [5.74, 6) is -1.51. The number of aliphatic hydroxyl groups is 2. The Hall–Kier alpha value is -2.40. The molecule has 2 N–H and O–H groups in total. The summed E-state index contributed by atoms with van der Waals surface area (Å²) in [5.41, 5.74) is 1.15. The third kappa shape index (κ3) is 3.89. The molecule has 9 unspecified atom stereocenters. The minimum Gasteiger partial charge on any atom is -0.511 e. The summed E-state index contributed by atoms with van der Waals surface area (Å²) in [4.78, 5) is 28.4. The first kappa shape index (κ1) is 28.1. The second kappa shape index (κ2) is 9.33. The van der Waals surface area contributed by atoms with E-state index in [-0.39, 0.29) is 40.9 Å². The van der Waals surface area contributed by atoms with E-state index >= 15 is 0 Å². The zero-order valence-corrected chi connectivity index (χ0v) is 24.9. The van der Waals surface area contributed by atoms with E-state index in [9.17, 15) is 19.8 Å². The summed E-state index contributed by atoms with van der Waals surface area (Å²) in [7, 11) is 0. The molecule has 1 saturated heterocycles. The van der Waals surface area contributed by atoms with Gasteiger partial charge in [0.1, 0.15) is 11.3 Å². The van der Waals surface area contributed by atoms with Gasteiger partial charge in [-0.3, -0.25) is 4.79 Å². The summed E-state index contributed by atoms with van der Waals surface area (Å²) in [6.45, 7) is 16.6. The molecule has 4 aliphatic carbocycles. The standard InChI is InChI=1S/C34H46O5/c1-18-10-9-11-19(2)27-21(4)14-24-25(35)13-12-20(3)28(24)33(27,8)29(36)26-30(37)34(39-31(26)38)17-23(6)22(5)16-32(34,7)15-18/h11,14-16,20,23-25,27-28,35-36H,9-10,12-13,17H2,1-8H3. The highest BCUT2D eigenvalue weighted by molar-refractivity contribution is 6.26. The minimum absolute atomic E-state index is 0.0608. The number of esters is 1. The molecule has 1 saturated carbocycles. The van der Waals surface area contributed by atoms with E-state index in [1.807, 2.05) is 13.8 Å². The van der Waals surface area contributed by atoms with E-state index in [1.54, 1.807) is 0 Å². The largest absolute Gasteiger partial charge is 0.511 e. The molecule has 2 bridgehead atoms. The van der Waals surface area contributed by atoms with Gasteiger partial charge in [0.2, 0.25) is 5.78 Å². The molecule has 0 aromatic heterocycles. The Balaban J connectivity index is 1.82. The van der Waals surface area contributed by atoms with Crippen LogP contribution in [0.4, 0.5) is 0 Å². The van der Waals surface area contributed by atoms with Gasteiger partial charge in [0.15, 0.2) is 5.60 Å². The Morgan fingerprint density at radius 1 is 0.974 bits per heavy atom. The number of Topliss-reactive ketones (excluding diaryl/α,β-unsaturated/α-hetero) is 1. The molecular weight excluding hydrogens is 488 g/mol. The lowest BCUT2D eigenvalue weighted by atomic mass is 9.49. The van der Waals surface area contributed by atoms with E-state index in [0.29, 0.717) is 12.8 Å². The first-order chi connectivity index (χ1) is 18.2. The number of carbonyl (C=O) groups excluding carboxylic acids is 2. The fraction of sp³-hybridized carbons (Fsp3) is 0.647. The van der Waals surface area contributed by atoms with Crippen LogP contribution < -0.4 is 0 Å². The smallest absolute Gasteiger partial charge is 0.346 e. The zero-order valence-electron chi connectivity index (χ0n) is 24.9. The van der Waals surface area contributed by atoms with Crippen molar-refractivity contribution in [1.29, 1.82) is 0 Å². The summed E-state index contributed by atoms with van der Waals surface area (Å²) in [6.07, 6.45) is 11.7. The molecule has 1 heterocycles. The van der Waals surface area contributed by atoms with Crippen molar-refractivity contribution in [1.82, 2.24) is 0 Å². The average molecular weight is 535 g/mol. The third-order valence-corrected chi connectivity index (χ3v) is 11.2. The van der Waals surface area contributed by atoms with Crippen molar-refractivity contribution in [3.8, 4) is 0 Å². The molecule has 5 aliphatic rings. The molecule has 212 valence electrons. The van der Waals surface area contributed by atoms with Crippen LogP contribution in [0.2, 0.25) is 0 Å². The van der Waals surface area contributed by atoms with Gasteiger partial charge in [-0.05, 0) is 78.1 Å². The van der Waals surface area contributed by atoms with Crippen LogP contribution in [0.25, 0.3) is 0 Å². The van der Waals surface area contributed by atoms with Crippen molar-refractivity contribution in [2.45, 2.75) is 99.2 Å². The Kier molecular flexibility index (Phi) is 6.73. The first-order valence-electron chi connectivity index (χ1n) is 14.8. The minimum atomic E-state index is -1.40. The SMILES string of the molecule is CC1=CC2(C)C=C(C)C(C)CC23OC(=O)C(=C(O)C2(C)C(C(C)=CCC1)C(C)=CC1C(O)CCC(C)C12)C3=O. The number of carbonyl (C=O) groups is 2. The van der Waals surface area contributed by atoms with Crippen LogP contribution in [-0.4, -0.2) is 33.7 Å². The Bertz CT molecular complexity index is 1260. The highest BCUT2D eigenvalue weighted by atomic mass is 16.6. The topological polar surface area (TPSA) is 83.8 Å². The maximum absolute atomic E-state index is 14.6. The molecule has 0 radical (unpaired) electrons. The van der Waals surface area contributed by atoms with Gasteiger partial charge in [0.05, 0.1) is 11.5 Å². The molecular formula is C34H46O5. The molecule has 5 heteroatoms. The molecule has 1 spiro atoms. The highest BCUT2D eigenvalue weighted by Crippen LogP contribution is 2.62. The van der Waals surface area contributed by atoms with Crippen molar-refractivity contribution in [3.05, 3.63) is 57.9 Å². The first-order valence-corrected chi connectivity index (χ1v) is 14.8. The molecule has 39 heavy (non-hydrogen) atoms. The average Bonchev–Trinajstić information content (AvgIpc) is 3.09. The molecule has 9 atom stereocenters. The zero-order chi connectivity index (χ0) is 28.7. The fourth-order valence-electron chi connectivity index (χ4n) is 9.27. The van der Waals surface area contributed by atoms with Gasteiger partial charge < -0.3 is 14.9 Å². The quantitative estimate of drug-likeness (QED) is 0.200. The number of hydrogen-bond donors (Lipinski definition) is 2. The number of rotatable bonds is 0. The second-order valence-electron chi connectivity index (χ2n) is 13.9. The van der Waals surface area contributed by atoms with Crippen LogP contribution in [0.3, 0.4) is 0 Å². The summed E-state index contributed by atoms with van der Waals surface area (Å²) in [5, 5.41) is 23.5. The van der Waals surface area contributed by atoms with Crippen LogP contribution in [0.1, 0.15) is 87.5 Å². The van der Waals surface area contributed by atoms with Gasteiger partial charge in [-0.25, -0.2) is 4.79 Å². The summed E-state index contributed by atoms with van der Waals surface area (Å²) >= 11 is 0. The molecule has 5 rings (SSSR count). The second-order valence-corrected chi connectivity index (χ2v) is 13.9. The Morgan fingerprint density at radius 2 is 1.67 bits per heavy atom. The number of hydrogen-bond acceptors (Lipinski definition) is 5. The van der Waals surface area contributed by atoms with Crippen molar-refractivity contribution in [3.63, 3.8) is 0 Å². The maximum Gasteiger partial charge on any atom is 0.346 e. The molecule has 2 fully saturated rings. The lowest BCUT2D eigenvalue weighted by Gasteiger charge is -2.55. The van der Waals surface area contributed by atoms with Crippen LogP contribution in [-0.2, 0) is 14.3 Å². The van der Waals surface area contributed by atoms with Gasteiger partial charge in [-0.15, -0.1) is 0 Å². The van der Waals surface area contributed by atoms with E-state index in [2.05, 4.69) is 65.8 Å². The summed E-state index contributed by atoms with van der Waals surface area (Å²) in [6, 6.07) is 0. The third-order valence-electron chi connectivity index (χ3n) is 11.2. The summed E-state index contributed by atoms with van der Waals surface area (Å²) < 4.78 is 6.20. The van der Waals surface area contributed by atoms with Gasteiger partial charge in [-0.1, -0.05) is 67.4 Å². The van der Waals surface area contributed by atoms with Crippen molar-refractivity contribution >= 4 is 11.8 Å². The van der Waals surface area contributed by atoms with E-state index in [0.717, 1.165) is 36.0 Å². The van der Waals surface area contributed by atoms with Crippen LogP contribution in [0, 0.1) is 40.4 Å². The number of ketones is 1. The van der Waals surface area contributed by atoms with Crippen molar-refractivity contribution < 1.29 is 24.5 Å². The number of ether oxygens (including phenoxy) is 1. The van der Waals surface area contributed by atoms with Gasteiger partial charge >= 0.3 is 5.97 Å². The van der Waals surface area contributed by atoms with Gasteiger partial charge in [0.25, 0.3) is 0 Å².